The van der Waals surface area contributed by atoms with Gasteiger partial charge in [0.05, 0.1) is 7.11 Å². The molecule has 0 saturated carbocycles. The average molecular weight is 258 g/mol. The Bertz CT molecular complexity index is 515. The second-order valence-electron chi connectivity index (χ2n) is 4.17. The maximum Gasteiger partial charge on any atom is 0.161 e. The molecule has 1 heterocycles. The SMILES string of the molecule is CNCc1ccc(OC)c(OCc2cccnc2)c1. The molecular weight excluding hydrogens is 240 g/mol. The van der Waals surface area contributed by atoms with Crippen LogP contribution >= 0.6 is 0 Å². The predicted octanol–water partition coefficient (Wildman–Crippen LogP) is 2.39. The Balaban J connectivity index is 2.11. The minimum absolute atomic E-state index is 0.479. The summed E-state index contributed by atoms with van der Waals surface area (Å²) in [5.74, 6) is 1.49. The fraction of sp³-hybridized carbons (Fsp3) is 0.267. The van der Waals surface area contributed by atoms with Crippen LogP contribution in [-0.2, 0) is 13.2 Å². The first kappa shape index (κ1) is 13.4. The van der Waals surface area contributed by atoms with E-state index in [2.05, 4.69) is 10.3 Å². The van der Waals surface area contributed by atoms with E-state index in [-0.39, 0.29) is 0 Å². The summed E-state index contributed by atoms with van der Waals surface area (Å²) < 4.78 is 11.1. The van der Waals surface area contributed by atoms with Gasteiger partial charge in [-0.25, -0.2) is 0 Å². The Morgan fingerprint density at radius 3 is 2.74 bits per heavy atom. The fourth-order valence-corrected chi connectivity index (χ4v) is 1.79. The predicted molar refractivity (Wildman–Crippen MR) is 74.3 cm³/mol. The van der Waals surface area contributed by atoms with Crippen LogP contribution in [0.2, 0.25) is 0 Å². The molecule has 0 saturated heterocycles. The summed E-state index contributed by atoms with van der Waals surface area (Å²) in [6, 6.07) is 9.81. The van der Waals surface area contributed by atoms with E-state index in [4.69, 9.17) is 9.47 Å². The molecule has 0 aliphatic carbocycles. The third kappa shape index (κ3) is 3.69. The van der Waals surface area contributed by atoms with E-state index < -0.39 is 0 Å². The van der Waals surface area contributed by atoms with Crippen molar-refractivity contribution in [3.8, 4) is 11.5 Å². The highest BCUT2D eigenvalue weighted by Gasteiger charge is 2.06. The number of pyridine rings is 1. The smallest absolute Gasteiger partial charge is 0.161 e. The molecule has 0 radical (unpaired) electrons. The first-order chi connectivity index (χ1) is 9.33. The lowest BCUT2D eigenvalue weighted by Gasteiger charge is -2.12. The number of aromatic nitrogens is 1. The van der Waals surface area contributed by atoms with Crippen LogP contribution in [0.3, 0.4) is 0 Å². The van der Waals surface area contributed by atoms with E-state index in [0.717, 1.165) is 29.2 Å². The molecule has 0 atom stereocenters. The first-order valence-corrected chi connectivity index (χ1v) is 6.16. The Hall–Kier alpha value is -2.07. The summed E-state index contributed by atoms with van der Waals surface area (Å²) in [5, 5.41) is 3.12. The molecule has 2 rings (SSSR count). The maximum atomic E-state index is 5.81. The number of nitrogens with one attached hydrogen (secondary N) is 1. The second-order valence-corrected chi connectivity index (χ2v) is 4.17. The van der Waals surface area contributed by atoms with Crippen molar-refractivity contribution in [2.45, 2.75) is 13.2 Å². The van der Waals surface area contributed by atoms with Gasteiger partial charge in [0.25, 0.3) is 0 Å². The number of methoxy groups -OCH3 is 1. The Morgan fingerprint density at radius 2 is 2.05 bits per heavy atom. The first-order valence-electron chi connectivity index (χ1n) is 6.16. The summed E-state index contributed by atoms with van der Waals surface area (Å²) in [7, 11) is 3.56. The molecule has 0 amide bonds. The van der Waals surface area contributed by atoms with Crippen molar-refractivity contribution in [2.24, 2.45) is 0 Å². The minimum Gasteiger partial charge on any atom is -0.493 e. The summed E-state index contributed by atoms with van der Waals surface area (Å²) in [4.78, 5) is 4.07. The van der Waals surface area contributed by atoms with Crippen molar-refractivity contribution in [1.82, 2.24) is 10.3 Å². The zero-order valence-corrected chi connectivity index (χ0v) is 11.2. The van der Waals surface area contributed by atoms with Gasteiger partial charge < -0.3 is 14.8 Å². The van der Waals surface area contributed by atoms with E-state index in [1.807, 2.05) is 37.4 Å². The molecule has 0 aliphatic heterocycles. The highest BCUT2D eigenvalue weighted by molar-refractivity contribution is 5.43. The number of hydrogen-bond acceptors (Lipinski definition) is 4. The summed E-state index contributed by atoms with van der Waals surface area (Å²) in [5.41, 5.74) is 2.19. The number of benzene rings is 1. The quantitative estimate of drug-likeness (QED) is 0.864. The van der Waals surface area contributed by atoms with Crippen LogP contribution in [0.25, 0.3) is 0 Å². The molecular formula is C15H18N2O2. The molecule has 2 aromatic rings. The van der Waals surface area contributed by atoms with Crippen LogP contribution in [0.5, 0.6) is 11.5 Å². The molecule has 1 N–H and O–H groups in total. The van der Waals surface area contributed by atoms with Gasteiger partial charge in [-0.3, -0.25) is 4.98 Å². The topological polar surface area (TPSA) is 43.4 Å². The fourth-order valence-electron chi connectivity index (χ4n) is 1.79. The molecule has 4 heteroatoms. The van der Waals surface area contributed by atoms with Gasteiger partial charge >= 0.3 is 0 Å². The lowest BCUT2D eigenvalue weighted by Crippen LogP contribution is -2.06. The van der Waals surface area contributed by atoms with Crippen molar-refractivity contribution < 1.29 is 9.47 Å². The second kappa shape index (κ2) is 6.75. The summed E-state index contributed by atoms with van der Waals surface area (Å²) >= 11 is 0. The van der Waals surface area contributed by atoms with Crippen LogP contribution < -0.4 is 14.8 Å². The van der Waals surface area contributed by atoms with Crippen molar-refractivity contribution in [2.75, 3.05) is 14.2 Å². The van der Waals surface area contributed by atoms with E-state index in [9.17, 15) is 0 Å². The van der Waals surface area contributed by atoms with Gasteiger partial charge in [0.1, 0.15) is 6.61 Å². The average Bonchev–Trinajstić information content (AvgIpc) is 2.47. The molecule has 1 aromatic heterocycles. The Labute approximate surface area is 113 Å². The zero-order valence-electron chi connectivity index (χ0n) is 11.2. The summed E-state index contributed by atoms with van der Waals surface area (Å²) in [6.45, 7) is 1.28. The lowest BCUT2D eigenvalue weighted by atomic mass is 10.2. The molecule has 0 bridgehead atoms. The molecule has 0 spiro atoms. The molecule has 0 aliphatic rings. The summed E-state index contributed by atoms with van der Waals surface area (Å²) in [6.07, 6.45) is 3.54. The van der Waals surface area contributed by atoms with Gasteiger partial charge in [-0.15, -0.1) is 0 Å². The van der Waals surface area contributed by atoms with Gasteiger partial charge in [0, 0.05) is 24.5 Å². The molecule has 0 unspecified atom stereocenters. The molecule has 19 heavy (non-hydrogen) atoms. The van der Waals surface area contributed by atoms with Gasteiger partial charge in [0.15, 0.2) is 11.5 Å². The number of nitrogens with zero attached hydrogens (tertiary/aromatic N) is 1. The van der Waals surface area contributed by atoms with Crippen LogP contribution in [0.4, 0.5) is 0 Å². The zero-order chi connectivity index (χ0) is 13.5. The van der Waals surface area contributed by atoms with Crippen molar-refractivity contribution in [3.05, 3.63) is 53.9 Å². The molecule has 4 nitrogen and oxygen atoms in total. The van der Waals surface area contributed by atoms with Crippen LogP contribution in [-0.4, -0.2) is 19.1 Å². The Morgan fingerprint density at radius 1 is 1.16 bits per heavy atom. The molecule has 1 aromatic carbocycles. The third-order valence-corrected chi connectivity index (χ3v) is 2.73. The van der Waals surface area contributed by atoms with Crippen LogP contribution in [0.15, 0.2) is 42.7 Å². The van der Waals surface area contributed by atoms with E-state index >= 15 is 0 Å². The molecule has 0 fully saturated rings. The van der Waals surface area contributed by atoms with Crippen LogP contribution in [0, 0.1) is 0 Å². The van der Waals surface area contributed by atoms with Crippen molar-refractivity contribution in [1.29, 1.82) is 0 Å². The maximum absolute atomic E-state index is 5.81. The molecule has 100 valence electrons. The highest BCUT2D eigenvalue weighted by Crippen LogP contribution is 2.28. The Kier molecular flexibility index (Phi) is 4.75. The van der Waals surface area contributed by atoms with Gasteiger partial charge in [-0.1, -0.05) is 12.1 Å². The lowest BCUT2D eigenvalue weighted by molar-refractivity contribution is 0.284. The van der Waals surface area contributed by atoms with Crippen molar-refractivity contribution in [3.63, 3.8) is 0 Å². The van der Waals surface area contributed by atoms with Gasteiger partial charge in [-0.05, 0) is 30.8 Å². The number of ether oxygens (including phenoxy) is 2. The monoisotopic (exact) mass is 258 g/mol. The highest BCUT2D eigenvalue weighted by atomic mass is 16.5. The number of hydrogen-bond donors (Lipinski definition) is 1. The van der Waals surface area contributed by atoms with Gasteiger partial charge in [-0.2, -0.15) is 0 Å². The number of rotatable bonds is 6. The van der Waals surface area contributed by atoms with E-state index in [1.165, 1.54) is 0 Å². The van der Waals surface area contributed by atoms with E-state index in [0.29, 0.717) is 6.61 Å². The van der Waals surface area contributed by atoms with Gasteiger partial charge in [0.2, 0.25) is 0 Å². The van der Waals surface area contributed by atoms with E-state index in [1.54, 1.807) is 19.5 Å². The standard InChI is InChI=1S/C15H18N2O2/c1-16-9-12-5-6-14(18-2)15(8-12)19-11-13-4-3-7-17-10-13/h3-8,10,16H,9,11H2,1-2H3. The largest absolute Gasteiger partial charge is 0.493 e. The minimum atomic E-state index is 0.479. The van der Waals surface area contributed by atoms with Crippen molar-refractivity contribution >= 4 is 0 Å². The van der Waals surface area contributed by atoms with Crippen LogP contribution in [0.1, 0.15) is 11.1 Å². The normalized spacial score (nSPS) is 10.2. The third-order valence-electron chi connectivity index (χ3n) is 2.73.